The van der Waals surface area contributed by atoms with Crippen molar-refractivity contribution in [3.63, 3.8) is 0 Å². The lowest BCUT2D eigenvalue weighted by Gasteiger charge is -2.35. The first-order valence-corrected chi connectivity index (χ1v) is 11.3. The minimum absolute atomic E-state index is 0.154. The Morgan fingerprint density at radius 3 is 2.12 bits per heavy atom. The zero-order valence-electron chi connectivity index (χ0n) is 16.8. The van der Waals surface area contributed by atoms with Crippen molar-refractivity contribution in [2.24, 2.45) is 7.05 Å². The van der Waals surface area contributed by atoms with Gasteiger partial charge in [0.05, 0.1) is 33.5 Å². The Balaban J connectivity index is 2.49. The van der Waals surface area contributed by atoms with Crippen molar-refractivity contribution < 1.29 is 18.6 Å². The summed E-state index contributed by atoms with van der Waals surface area (Å²) in [5, 5.41) is 0.154. The average Bonchev–Trinajstić information content (AvgIpc) is 2.86. The Labute approximate surface area is 151 Å². The van der Waals surface area contributed by atoms with E-state index in [0.29, 0.717) is 23.9 Å². The number of nitrogens with zero attached hydrogens (tertiary/aromatic N) is 2. The molecule has 1 aromatic carbocycles. The molecule has 2 aromatic rings. The molecule has 0 atom stereocenters. The molecule has 25 heavy (non-hydrogen) atoms. The van der Waals surface area contributed by atoms with Crippen molar-refractivity contribution in [2.75, 3.05) is 21.3 Å². The Morgan fingerprint density at radius 2 is 1.64 bits per heavy atom. The van der Waals surface area contributed by atoms with Crippen molar-refractivity contribution in [3.8, 4) is 17.2 Å². The smallest absolute Gasteiger partial charge is 0.205 e. The van der Waals surface area contributed by atoms with E-state index in [1.807, 2.05) is 17.7 Å². The zero-order chi connectivity index (χ0) is 19.0. The van der Waals surface area contributed by atoms with Gasteiger partial charge < -0.3 is 23.2 Å². The molecule has 0 saturated carbocycles. The lowest BCUT2D eigenvalue weighted by atomic mass is 10.2. The summed E-state index contributed by atoms with van der Waals surface area (Å²) in [6.45, 7) is 11.6. The van der Waals surface area contributed by atoms with Crippen LogP contribution in [0.1, 0.15) is 26.6 Å². The van der Waals surface area contributed by atoms with Crippen LogP contribution in [0.3, 0.4) is 0 Å². The van der Waals surface area contributed by atoms with Crippen molar-refractivity contribution in [1.82, 2.24) is 9.55 Å². The molecule has 0 N–H and O–H groups in total. The minimum Gasteiger partial charge on any atom is -0.493 e. The second-order valence-corrected chi connectivity index (χ2v) is 12.5. The zero-order valence-corrected chi connectivity index (χ0v) is 17.8. The number of hydrogen-bond donors (Lipinski definition) is 0. The maximum Gasteiger partial charge on any atom is 0.205 e. The molecule has 0 spiro atoms. The molecular formula is C18H30N2O4Si. The van der Waals surface area contributed by atoms with E-state index >= 15 is 0 Å². The van der Waals surface area contributed by atoms with E-state index in [0.717, 1.165) is 16.9 Å². The van der Waals surface area contributed by atoms with E-state index in [9.17, 15) is 0 Å². The van der Waals surface area contributed by atoms with Crippen LogP contribution in [0.2, 0.25) is 18.1 Å². The lowest BCUT2D eigenvalue weighted by molar-refractivity contribution is 0.264. The molecule has 6 nitrogen and oxygen atoms in total. The highest BCUT2D eigenvalue weighted by Gasteiger charge is 2.37. The normalized spacial score (nSPS) is 12.5. The molecule has 0 saturated heterocycles. The minimum atomic E-state index is -1.85. The van der Waals surface area contributed by atoms with E-state index in [4.69, 9.17) is 23.6 Å². The van der Waals surface area contributed by atoms with E-state index in [2.05, 4.69) is 33.9 Å². The van der Waals surface area contributed by atoms with Crippen LogP contribution in [0.5, 0.6) is 17.2 Å². The van der Waals surface area contributed by atoms with E-state index in [1.165, 1.54) is 0 Å². The maximum absolute atomic E-state index is 6.33. The van der Waals surface area contributed by atoms with Gasteiger partial charge in [-0.05, 0) is 18.1 Å². The number of benzene rings is 1. The van der Waals surface area contributed by atoms with Crippen molar-refractivity contribution in [1.29, 1.82) is 0 Å². The van der Waals surface area contributed by atoms with Gasteiger partial charge in [0.25, 0.3) is 0 Å². The van der Waals surface area contributed by atoms with Gasteiger partial charge in [-0.25, -0.2) is 4.98 Å². The number of imidazole rings is 1. The number of methoxy groups -OCH3 is 3. The predicted octanol–water partition coefficient (Wildman–Crippen LogP) is 4.12. The van der Waals surface area contributed by atoms with Gasteiger partial charge in [-0.3, -0.25) is 0 Å². The molecule has 0 amide bonds. The highest BCUT2D eigenvalue weighted by molar-refractivity contribution is 6.74. The molecule has 2 rings (SSSR count). The van der Waals surface area contributed by atoms with Gasteiger partial charge in [0.2, 0.25) is 5.75 Å². The molecule has 0 aliphatic carbocycles. The van der Waals surface area contributed by atoms with Crippen molar-refractivity contribution in [3.05, 3.63) is 11.9 Å². The highest BCUT2D eigenvalue weighted by Crippen LogP contribution is 2.43. The summed E-state index contributed by atoms with van der Waals surface area (Å²) < 4.78 is 24.8. The van der Waals surface area contributed by atoms with Gasteiger partial charge >= 0.3 is 0 Å². The standard InChI is InChI=1S/C18H30N2O4Si/c1-18(2,3)25(8,9)24-11-14-19-15-12(20(14)4)10-13(21-5)16(22-6)17(15)23-7/h10H,11H2,1-9H3. The van der Waals surface area contributed by atoms with Gasteiger partial charge in [0.15, 0.2) is 19.8 Å². The quantitative estimate of drug-likeness (QED) is 0.720. The summed E-state index contributed by atoms with van der Waals surface area (Å²) in [6, 6.07) is 1.92. The van der Waals surface area contributed by atoms with Crippen molar-refractivity contribution in [2.45, 2.75) is 45.5 Å². The van der Waals surface area contributed by atoms with E-state index in [1.54, 1.807) is 21.3 Å². The highest BCUT2D eigenvalue weighted by atomic mass is 28.4. The van der Waals surface area contributed by atoms with Crippen molar-refractivity contribution >= 4 is 19.4 Å². The third-order valence-electron chi connectivity index (χ3n) is 5.14. The number of ether oxygens (including phenoxy) is 3. The molecule has 7 heteroatoms. The fourth-order valence-corrected chi connectivity index (χ4v) is 3.35. The second kappa shape index (κ2) is 6.88. The van der Waals surface area contributed by atoms with Gasteiger partial charge in [-0.1, -0.05) is 20.8 Å². The molecule has 0 bridgehead atoms. The Hall–Kier alpha value is -1.73. The molecular weight excluding hydrogens is 336 g/mol. The molecule has 0 aliphatic rings. The second-order valence-electron chi connectivity index (χ2n) is 7.65. The first-order valence-electron chi connectivity index (χ1n) is 8.35. The molecule has 0 fully saturated rings. The number of hydrogen-bond acceptors (Lipinski definition) is 5. The number of aromatic nitrogens is 2. The summed E-state index contributed by atoms with van der Waals surface area (Å²) in [7, 11) is 4.94. The van der Waals surface area contributed by atoms with Gasteiger partial charge in [0.1, 0.15) is 11.3 Å². The lowest BCUT2D eigenvalue weighted by Crippen LogP contribution is -2.40. The van der Waals surface area contributed by atoms with Gasteiger partial charge in [-0.2, -0.15) is 0 Å². The van der Waals surface area contributed by atoms with Crippen LogP contribution in [-0.2, 0) is 18.1 Å². The molecule has 0 radical (unpaired) electrons. The summed E-state index contributed by atoms with van der Waals surface area (Å²) in [5.74, 6) is 2.60. The summed E-state index contributed by atoms with van der Waals surface area (Å²) >= 11 is 0. The predicted molar refractivity (Wildman–Crippen MR) is 102 cm³/mol. The summed E-state index contributed by atoms with van der Waals surface area (Å²) in [5.41, 5.74) is 1.67. The SMILES string of the molecule is COc1cc2c(nc(CO[Si](C)(C)C(C)(C)C)n2C)c(OC)c1OC. The Bertz CT molecular complexity index is 763. The van der Waals surface area contributed by atoms with Crippen LogP contribution in [0, 0.1) is 0 Å². The van der Waals surface area contributed by atoms with E-state index < -0.39 is 8.32 Å². The molecule has 0 unspecified atom stereocenters. The number of aryl methyl sites for hydroxylation is 1. The molecule has 1 aromatic heterocycles. The average molecular weight is 367 g/mol. The Morgan fingerprint density at radius 1 is 1.04 bits per heavy atom. The van der Waals surface area contributed by atoms with Crippen LogP contribution in [0.25, 0.3) is 11.0 Å². The van der Waals surface area contributed by atoms with Crippen LogP contribution in [-0.4, -0.2) is 39.2 Å². The van der Waals surface area contributed by atoms with E-state index in [-0.39, 0.29) is 5.04 Å². The molecule has 1 heterocycles. The number of fused-ring (bicyclic) bond motifs is 1. The summed E-state index contributed by atoms with van der Waals surface area (Å²) in [6.07, 6.45) is 0. The third-order valence-corrected chi connectivity index (χ3v) is 9.62. The molecule has 0 aliphatic heterocycles. The van der Waals surface area contributed by atoms with Crippen LogP contribution >= 0.6 is 0 Å². The van der Waals surface area contributed by atoms with Crippen LogP contribution in [0.15, 0.2) is 6.07 Å². The monoisotopic (exact) mass is 366 g/mol. The molecule has 140 valence electrons. The topological polar surface area (TPSA) is 54.7 Å². The van der Waals surface area contributed by atoms with Gasteiger partial charge in [-0.15, -0.1) is 0 Å². The summed E-state index contributed by atoms with van der Waals surface area (Å²) in [4.78, 5) is 4.75. The maximum atomic E-state index is 6.33. The fraction of sp³-hybridized carbons (Fsp3) is 0.611. The van der Waals surface area contributed by atoms with Gasteiger partial charge in [0, 0.05) is 13.1 Å². The van der Waals surface area contributed by atoms with Crippen LogP contribution in [0.4, 0.5) is 0 Å². The fourth-order valence-electron chi connectivity index (χ4n) is 2.43. The number of rotatable bonds is 6. The first kappa shape index (κ1) is 19.6. The third kappa shape index (κ3) is 3.48. The largest absolute Gasteiger partial charge is 0.493 e. The van der Waals surface area contributed by atoms with Crippen LogP contribution < -0.4 is 14.2 Å². The first-order chi connectivity index (χ1) is 11.6. The Kier molecular flexibility index (Phi) is 5.39.